The normalized spacial score (nSPS) is 10.5. The van der Waals surface area contributed by atoms with E-state index in [4.69, 9.17) is 5.11 Å². The summed E-state index contributed by atoms with van der Waals surface area (Å²) in [7, 11) is 3.85. The van der Waals surface area contributed by atoms with Crippen molar-refractivity contribution in [2.75, 3.05) is 33.7 Å². The Hall–Kier alpha value is -1.63. The number of carboxylic acids is 1. The fourth-order valence-corrected chi connectivity index (χ4v) is 1.73. The van der Waals surface area contributed by atoms with Crippen LogP contribution in [0, 0.1) is 0 Å². The lowest BCUT2D eigenvalue weighted by molar-refractivity contribution is -0.137. The predicted octanol–water partition coefficient (Wildman–Crippen LogP) is 1.14. The number of unbranched alkanes of at least 4 members (excludes halogenated alkanes) is 1. The minimum Gasteiger partial charge on any atom is -0.481 e. The minimum atomic E-state index is -0.871. The first-order valence-corrected chi connectivity index (χ1v) is 7.32. The summed E-state index contributed by atoms with van der Waals surface area (Å²) in [5.41, 5.74) is 0. The maximum absolute atomic E-state index is 12.0. The van der Waals surface area contributed by atoms with Crippen molar-refractivity contribution in [3.05, 3.63) is 0 Å². The van der Waals surface area contributed by atoms with Gasteiger partial charge in [-0.3, -0.25) is 14.9 Å². The Balaban J connectivity index is 4.09. The summed E-state index contributed by atoms with van der Waals surface area (Å²) >= 11 is 0. The van der Waals surface area contributed by atoms with E-state index in [1.54, 1.807) is 4.90 Å². The van der Waals surface area contributed by atoms with Crippen molar-refractivity contribution >= 4 is 17.9 Å². The number of nitrogens with zero attached hydrogens (tertiary/aromatic N) is 2. The smallest absolute Gasteiger partial charge is 0.324 e. The Bertz CT molecular complexity index is 345. The number of imide groups is 1. The van der Waals surface area contributed by atoms with E-state index in [0.29, 0.717) is 25.9 Å². The topological polar surface area (TPSA) is 90.0 Å². The zero-order valence-electron chi connectivity index (χ0n) is 13.2. The summed E-state index contributed by atoms with van der Waals surface area (Å²) in [6, 6.07) is -0.373. The first kappa shape index (κ1) is 19.4. The van der Waals surface area contributed by atoms with Crippen molar-refractivity contribution in [1.82, 2.24) is 15.1 Å². The lowest BCUT2D eigenvalue weighted by Gasteiger charge is -2.23. The van der Waals surface area contributed by atoms with Gasteiger partial charge in [-0.25, -0.2) is 4.79 Å². The SMILES string of the molecule is CCCN(CCN(C)C)C(=O)NC(=O)CCCCC(=O)O. The fraction of sp³-hybridized carbons (Fsp3) is 0.786. The molecule has 2 N–H and O–H groups in total. The molecule has 0 rings (SSSR count). The molecule has 0 radical (unpaired) electrons. The number of hydrogen-bond acceptors (Lipinski definition) is 4. The average molecular weight is 301 g/mol. The number of hydrogen-bond donors (Lipinski definition) is 2. The van der Waals surface area contributed by atoms with Gasteiger partial charge in [0, 0.05) is 32.5 Å². The van der Waals surface area contributed by atoms with Gasteiger partial charge in [-0.2, -0.15) is 0 Å². The first-order valence-electron chi connectivity index (χ1n) is 7.32. The third-order valence-corrected chi connectivity index (χ3v) is 2.89. The number of likely N-dealkylation sites (N-methyl/N-ethyl adjacent to an activating group) is 1. The lowest BCUT2D eigenvalue weighted by Crippen LogP contribution is -2.45. The second-order valence-electron chi connectivity index (χ2n) is 5.24. The molecule has 0 heterocycles. The van der Waals surface area contributed by atoms with Crippen molar-refractivity contribution in [3.63, 3.8) is 0 Å². The summed E-state index contributed by atoms with van der Waals surface area (Å²) < 4.78 is 0. The molecular formula is C14H27N3O4. The number of nitrogens with one attached hydrogen (secondary N) is 1. The molecule has 0 unspecified atom stereocenters. The Morgan fingerprint density at radius 1 is 1.00 bits per heavy atom. The molecule has 21 heavy (non-hydrogen) atoms. The zero-order valence-corrected chi connectivity index (χ0v) is 13.2. The molecule has 0 saturated heterocycles. The molecule has 7 heteroatoms. The summed E-state index contributed by atoms with van der Waals surface area (Å²) in [5, 5.41) is 10.9. The molecule has 0 bridgehead atoms. The third kappa shape index (κ3) is 10.8. The van der Waals surface area contributed by atoms with Crippen molar-refractivity contribution in [2.24, 2.45) is 0 Å². The van der Waals surface area contributed by atoms with Gasteiger partial charge in [-0.15, -0.1) is 0 Å². The van der Waals surface area contributed by atoms with Gasteiger partial charge in [0.25, 0.3) is 0 Å². The van der Waals surface area contributed by atoms with Crippen LogP contribution in [0.1, 0.15) is 39.0 Å². The van der Waals surface area contributed by atoms with Crippen molar-refractivity contribution in [3.8, 4) is 0 Å². The number of amides is 3. The molecule has 0 fully saturated rings. The molecule has 0 aliphatic carbocycles. The molecule has 0 atom stereocenters. The van der Waals surface area contributed by atoms with E-state index in [9.17, 15) is 14.4 Å². The van der Waals surface area contributed by atoms with Gasteiger partial charge in [-0.1, -0.05) is 6.92 Å². The van der Waals surface area contributed by atoms with Crippen molar-refractivity contribution < 1.29 is 19.5 Å². The van der Waals surface area contributed by atoms with Gasteiger partial charge in [0.2, 0.25) is 5.91 Å². The summed E-state index contributed by atoms with van der Waals surface area (Å²) in [6.07, 6.45) is 1.96. The molecule has 0 aromatic heterocycles. The van der Waals surface area contributed by atoms with Crippen LogP contribution in [-0.4, -0.2) is 66.5 Å². The van der Waals surface area contributed by atoms with E-state index >= 15 is 0 Å². The maximum atomic E-state index is 12.0. The highest BCUT2D eigenvalue weighted by Crippen LogP contribution is 2.00. The first-order chi connectivity index (χ1) is 9.86. The molecule has 122 valence electrons. The molecule has 0 saturated carbocycles. The lowest BCUT2D eigenvalue weighted by atomic mass is 10.2. The summed E-state index contributed by atoms with van der Waals surface area (Å²) in [4.78, 5) is 37.5. The Morgan fingerprint density at radius 2 is 1.62 bits per heavy atom. The van der Waals surface area contributed by atoms with Crippen LogP contribution >= 0.6 is 0 Å². The highest BCUT2D eigenvalue weighted by molar-refractivity contribution is 5.94. The summed E-state index contributed by atoms with van der Waals surface area (Å²) in [5.74, 6) is -1.22. The second-order valence-corrected chi connectivity index (χ2v) is 5.24. The highest BCUT2D eigenvalue weighted by Gasteiger charge is 2.15. The highest BCUT2D eigenvalue weighted by atomic mass is 16.4. The third-order valence-electron chi connectivity index (χ3n) is 2.89. The van der Waals surface area contributed by atoms with E-state index in [0.717, 1.165) is 13.0 Å². The van der Waals surface area contributed by atoms with E-state index in [2.05, 4.69) is 5.32 Å². The van der Waals surface area contributed by atoms with Gasteiger partial charge in [0.05, 0.1) is 0 Å². The average Bonchev–Trinajstić information content (AvgIpc) is 2.39. The Labute approximate surface area is 126 Å². The van der Waals surface area contributed by atoms with Crippen molar-refractivity contribution in [1.29, 1.82) is 0 Å². The van der Waals surface area contributed by atoms with Crippen LogP contribution in [0.3, 0.4) is 0 Å². The standard InChI is InChI=1S/C14H27N3O4/c1-4-9-17(11-10-16(2)3)14(21)15-12(18)7-5-6-8-13(19)20/h4-11H2,1-3H3,(H,19,20)(H,15,18,21). The van der Waals surface area contributed by atoms with Crippen LogP contribution in [0.4, 0.5) is 4.79 Å². The quantitative estimate of drug-likeness (QED) is 0.591. The van der Waals surface area contributed by atoms with E-state index in [1.807, 2.05) is 25.9 Å². The maximum Gasteiger partial charge on any atom is 0.324 e. The number of rotatable bonds is 10. The zero-order chi connectivity index (χ0) is 16.3. The summed E-state index contributed by atoms with van der Waals surface area (Å²) in [6.45, 7) is 3.88. The number of urea groups is 1. The predicted molar refractivity (Wildman–Crippen MR) is 80.1 cm³/mol. The largest absolute Gasteiger partial charge is 0.481 e. The minimum absolute atomic E-state index is 0.0476. The molecule has 7 nitrogen and oxygen atoms in total. The van der Waals surface area contributed by atoms with Gasteiger partial charge in [-0.05, 0) is 33.4 Å². The fourth-order valence-electron chi connectivity index (χ4n) is 1.73. The molecule has 0 spiro atoms. The van der Waals surface area contributed by atoms with Crippen LogP contribution in [0.5, 0.6) is 0 Å². The second kappa shape index (κ2) is 11.1. The number of carboxylic acid groups (broad SMARTS) is 1. The molecule has 0 aromatic rings. The molecular weight excluding hydrogens is 274 g/mol. The van der Waals surface area contributed by atoms with Crippen LogP contribution in [0.25, 0.3) is 0 Å². The number of aliphatic carboxylic acids is 1. The Morgan fingerprint density at radius 3 is 2.14 bits per heavy atom. The number of carbonyl (C=O) groups is 3. The van der Waals surface area contributed by atoms with E-state index in [1.165, 1.54) is 0 Å². The van der Waals surface area contributed by atoms with Gasteiger partial charge in [0.15, 0.2) is 0 Å². The van der Waals surface area contributed by atoms with Crippen LogP contribution < -0.4 is 5.32 Å². The molecule has 0 aliphatic rings. The van der Waals surface area contributed by atoms with Crippen LogP contribution in [0.2, 0.25) is 0 Å². The Kier molecular flexibility index (Phi) is 10.2. The molecule has 0 aromatic carbocycles. The van der Waals surface area contributed by atoms with Gasteiger partial charge < -0.3 is 14.9 Å². The van der Waals surface area contributed by atoms with Crippen LogP contribution in [0.15, 0.2) is 0 Å². The molecule has 3 amide bonds. The van der Waals surface area contributed by atoms with Gasteiger partial charge >= 0.3 is 12.0 Å². The van der Waals surface area contributed by atoms with Gasteiger partial charge in [0.1, 0.15) is 0 Å². The van der Waals surface area contributed by atoms with Crippen molar-refractivity contribution in [2.45, 2.75) is 39.0 Å². The monoisotopic (exact) mass is 301 g/mol. The number of carbonyl (C=O) groups excluding carboxylic acids is 2. The van der Waals surface area contributed by atoms with E-state index in [-0.39, 0.29) is 24.8 Å². The van der Waals surface area contributed by atoms with Crippen LogP contribution in [-0.2, 0) is 9.59 Å². The molecule has 0 aliphatic heterocycles. The van der Waals surface area contributed by atoms with E-state index < -0.39 is 5.97 Å².